The van der Waals surface area contributed by atoms with Gasteiger partial charge in [0.2, 0.25) is 0 Å². The van der Waals surface area contributed by atoms with Crippen LogP contribution in [0.5, 0.6) is 0 Å². The average Bonchev–Trinajstić information content (AvgIpc) is 3.13. The van der Waals surface area contributed by atoms with Crippen molar-refractivity contribution in [3.63, 3.8) is 0 Å². The molecule has 0 aliphatic carbocycles. The maximum absolute atomic E-state index is 9.43. The van der Waals surface area contributed by atoms with Crippen LogP contribution in [-0.4, -0.2) is 21.5 Å². The van der Waals surface area contributed by atoms with Gasteiger partial charge < -0.3 is 5.11 Å². The van der Waals surface area contributed by atoms with Crippen LogP contribution in [0.4, 0.5) is 0 Å². The van der Waals surface area contributed by atoms with E-state index < -0.39 is 0 Å². The minimum Gasteiger partial charge on any atom is -0.396 e. The summed E-state index contributed by atoms with van der Waals surface area (Å²) in [7, 11) is 0. The Hall–Kier alpha value is -3.24. The van der Waals surface area contributed by atoms with Crippen molar-refractivity contribution in [2.24, 2.45) is 0 Å². The van der Waals surface area contributed by atoms with E-state index in [1.54, 1.807) is 0 Å². The van der Waals surface area contributed by atoms with Gasteiger partial charge in [0.15, 0.2) is 0 Å². The van der Waals surface area contributed by atoms with E-state index in [0.29, 0.717) is 13.0 Å². The van der Waals surface area contributed by atoms with Gasteiger partial charge in [0.1, 0.15) is 5.69 Å². The Morgan fingerprint density at radius 2 is 1.30 bits per heavy atom. The first-order valence-electron chi connectivity index (χ1n) is 9.18. The lowest BCUT2D eigenvalue weighted by atomic mass is 10.2. The van der Waals surface area contributed by atoms with Crippen LogP contribution in [0, 0.1) is 0 Å². The monoisotopic (exact) mass is 356 g/mol. The number of para-hydroxylation sites is 1. The number of aliphatic hydroxyl groups is 1. The number of benzene rings is 3. The van der Waals surface area contributed by atoms with Gasteiger partial charge in [0.25, 0.3) is 5.82 Å². The van der Waals surface area contributed by atoms with Gasteiger partial charge >= 0.3 is 5.82 Å². The zero-order valence-corrected chi connectivity index (χ0v) is 15.1. The van der Waals surface area contributed by atoms with E-state index in [4.69, 9.17) is 5.10 Å². The first-order valence-corrected chi connectivity index (χ1v) is 9.18. The molecular formula is C23H22N3O+. The van der Waals surface area contributed by atoms with Crippen molar-refractivity contribution in [2.45, 2.75) is 13.0 Å². The summed E-state index contributed by atoms with van der Waals surface area (Å²) in [6.07, 6.45) is 0.671. The molecule has 3 aromatic carbocycles. The Balaban J connectivity index is 1.99. The summed E-state index contributed by atoms with van der Waals surface area (Å²) >= 11 is 0. The van der Waals surface area contributed by atoms with Crippen molar-refractivity contribution in [2.75, 3.05) is 6.61 Å². The second kappa shape index (κ2) is 7.98. The SMILES string of the molecule is OCCC[n+]1c(-c2ccccc2)nn(-c2ccccc2)c1-c1ccccc1. The zero-order chi connectivity index (χ0) is 18.5. The predicted molar refractivity (Wildman–Crippen MR) is 106 cm³/mol. The predicted octanol–water partition coefficient (Wildman–Crippen LogP) is 3.88. The molecule has 0 spiro atoms. The molecule has 0 bridgehead atoms. The third-order valence-corrected chi connectivity index (χ3v) is 4.51. The fourth-order valence-electron chi connectivity index (χ4n) is 3.27. The average molecular weight is 356 g/mol. The molecule has 0 unspecified atom stereocenters. The molecule has 0 atom stereocenters. The van der Waals surface area contributed by atoms with Crippen molar-refractivity contribution in [3.05, 3.63) is 91.0 Å². The Kier molecular flexibility index (Phi) is 5.08. The molecular weight excluding hydrogens is 334 g/mol. The highest BCUT2D eigenvalue weighted by Crippen LogP contribution is 2.24. The molecule has 134 valence electrons. The van der Waals surface area contributed by atoms with Crippen molar-refractivity contribution in [3.8, 4) is 28.5 Å². The number of nitrogens with zero attached hydrogens (tertiary/aromatic N) is 3. The normalized spacial score (nSPS) is 10.9. The summed E-state index contributed by atoms with van der Waals surface area (Å²) in [5.41, 5.74) is 3.16. The maximum atomic E-state index is 9.43. The molecule has 1 aromatic heterocycles. The fourth-order valence-corrected chi connectivity index (χ4v) is 3.27. The summed E-state index contributed by atoms with van der Waals surface area (Å²) in [6, 6.07) is 30.7. The number of rotatable bonds is 6. The van der Waals surface area contributed by atoms with E-state index in [1.165, 1.54) is 0 Å². The molecule has 4 aromatic rings. The van der Waals surface area contributed by atoms with E-state index in [1.807, 2.05) is 59.3 Å². The van der Waals surface area contributed by atoms with E-state index >= 15 is 0 Å². The van der Waals surface area contributed by atoms with Gasteiger partial charge in [0.05, 0.1) is 22.8 Å². The Morgan fingerprint density at radius 1 is 0.741 bits per heavy atom. The number of hydrogen-bond donors (Lipinski definition) is 1. The van der Waals surface area contributed by atoms with Crippen LogP contribution in [0.15, 0.2) is 91.0 Å². The molecule has 1 heterocycles. The number of aliphatic hydroxyl groups excluding tert-OH is 1. The lowest BCUT2D eigenvalue weighted by Gasteiger charge is -2.05. The van der Waals surface area contributed by atoms with Crippen LogP contribution in [-0.2, 0) is 6.54 Å². The largest absolute Gasteiger partial charge is 0.396 e. The van der Waals surface area contributed by atoms with E-state index in [9.17, 15) is 5.11 Å². The molecule has 0 amide bonds. The lowest BCUT2D eigenvalue weighted by molar-refractivity contribution is -0.676. The molecule has 0 radical (unpaired) electrons. The highest BCUT2D eigenvalue weighted by atomic mass is 16.3. The van der Waals surface area contributed by atoms with Crippen LogP contribution in [0.3, 0.4) is 0 Å². The molecule has 4 rings (SSSR count). The van der Waals surface area contributed by atoms with Gasteiger partial charge in [-0.05, 0) is 36.4 Å². The van der Waals surface area contributed by atoms with Gasteiger partial charge in [-0.3, -0.25) is 0 Å². The fraction of sp³-hybridized carbons (Fsp3) is 0.130. The van der Waals surface area contributed by atoms with Crippen LogP contribution in [0.25, 0.3) is 28.5 Å². The van der Waals surface area contributed by atoms with Crippen LogP contribution in [0.2, 0.25) is 0 Å². The highest BCUT2D eigenvalue weighted by Gasteiger charge is 2.28. The van der Waals surface area contributed by atoms with Crippen LogP contribution < -0.4 is 4.57 Å². The molecule has 0 saturated carbocycles. The summed E-state index contributed by atoms with van der Waals surface area (Å²) in [4.78, 5) is 0. The van der Waals surface area contributed by atoms with Gasteiger partial charge in [-0.2, -0.15) is 0 Å². The molecule has 0 fully saturated rings. The molecule has 0 aliphatic heterocycles. The minimum absolute atomic E-state index is 0.145. The first kappa shape index (κ1) is 17.2. The third kappa shape index (κ3) is 3.52. The standard InChI is InChI=1S/C23H22N3O/c27-18-10-17-25-22(19-11-4-1-5-12-19)24-26(21-15-8-3-9-16-21)23(25)20-13-6-2-7-14-20/h1-9,11-16,27H,10,17-18H2/q+1. The second-order valence-electron chi connectivity index (χ2n) is 6.36. The van der Waals surface area contributed by atoms with E-state index in [2.05, 4.69) is 41.0 Å². The Morgan fingerprint density at radius 3 is 1.89 bits per heavy atom. The van der Waals surface area contributed by atoms with Gasteiger partial charge in [-0.25, -0.2) is 4.57 Å². The van der Waals surface area contributed by atoms with Gasteiger partial charge in [0, 0.05) is 13.0 Å². The third-order valence-electron chi connectivity index (χ3n) is 4.51. The van der Waals surface area contributed by atoms with Crippen molar-refractivity contribution < 1.29 is 9.67 Å². The van der Waals surface area contributed by atoms with E-state index in [-0.39, 0.29) is 6.61 Å². The molecule has 4 nitrogen and oxygen atoms in total. The molecule has 1 N–H and O–H groups in total. The van der Waals surface area contributed by atoms with Crippen molar-refractivity contribution in [1.82, 2.24) is 9.78 Å². The Labute approximate surface area is 159 Å². The smallest absolute Gasteiger partial charge is 0.309 e. The maximum Gasteiger partial charge on any atom is 0.309 e. The van der Waals surface area contributed by atoms with Crippen LogP contribution >= 0.6 is 0 Å². The topological polar surface area (TPSA) is 41.9 Å². The summed E-state index contributed by atoms with van der Waals surface area (Å²) in [6.45, 7) is 0.837. The van der Waals surface area contributed by atoms with Crippen molar-refractivity contribution in [1.29, 1.82) is 0 Å². The van der Waals surface area contributed by atoms with Crippen molar-refractivity contribution >= 4 is 0 Å². The number of aromatic nitrogens is 3. The summed E-state index contributed by atoms with van der Waals surface area (Å²) in [5, 5.41) is 14.4. The van der Waals surface area contributed by atoms with Gasteiger partial charge in [-0.15, -0.1) is 0 Å². The summed E-state index contributed by atoms with van der Waals surface area (Å²) < 4.78 is 4.20. The van der Waals surface area contributed by atoms with Gasteiger partial charge in [-0.1, -0.05) is 59.3 Å². The molecule has 0 saturated heterocycles. The zero-order valence-electron chi connectivity index (χ0n) is 15.1. The molecule has 4 heteroatoms. The number of hydrogen-bond acceptors (Lipinski definition) is 2. The highest BCUT2D eigenvalue weighted by molar-refractivity contribution is 5.59. The van der Waals surface area contributed by atoms with Crippen LogP contribution in [0.1, 0.15) is 6.42 Å². The molecule has 27 heavy (non-hydrogen) atoms. The first-order chi connectivity index (χ1) is 13.4. The lowest BCUT2D eigenvalue weighted by Crippen LogP contribution is -2.38. The molecule has 0 aliphatic rings. The van der Waals surface area contributed by atoms with E-state index in [0.717, 1.165) is 28.5 Å². The quantitative estimate of drug-likeness (QED) is 0.533. The minimum atomic E-state index is 0.145. The second-order valence-corrected chi connectivity index (χ2v) is 6.36. The Bertz CT molecular complexity index is 996. The summed E-state index contributed by atoms with van der Waals surface area (Å²) in [5.74, 6) is 1.90.